The van der Waals surface area contributed by atoms with Gasteiger partial charge >= 0.3 is 6.09 Å². The summed E-state index contributed by atoms with van der Waals surface area (Å²) in [7, 11) is 0. The highest BCUT2D eigenvalue weighted by Gasteiger charge is 2.26. The standard InChI is InChI=1S/C59H115N3O16/c1-6-8-10-12-14-16-17-18-19-21-22-24-26-28-54(63)56(62-55(64)29-27-25-23-20-15-13-11-9-7-2)57(65)60-30-32-67-34-36-69-38-40-71-42-44-73-46-48-75-50-52-77-53-51-76-49-47-74-45-43-72-41-39-70-37-35-68-33-31-61-58(66)78-59(3,4)5/h26,28,54,56,63H,6-25,27,29-53H2,1-5H3,(H,60,65)(H,61,66)(H,62,64)/b28-26+/t54-,56-/m1/s1. The molecule has 462 valence electrons. The zero-order valence-corrected chi connectivity index (χ0v) is 49.9. The van der Waals surface area contributed by atoms with Crippen molar-refractivity contribution in [1.82, 2.24) is 16.0 Å². The molecule has 0 heterocycles. The molecule has 0 unspecified atom stereocenters. The van der Waals surface area contributed by atoms with E-state index < -0.39 is 29.7 Å². The van der Waals surface area contributed by atoms with Gasteiger partial charge in [-0.2, -0.15) is 0 Å². The van der Waals surface area contributed by atoms with Gasteiger partial charge in [-0.25, -0.2) is 4.79 Å². The van der Waals surface area contributed by atoms with Crippen molar-refractivity contribution in [2.45, 2.75) is 194 Å². The molecule has 0 rings (SSSR count). The lowest BCUT2D eigenvalue weighted by atomic mass is 10.0. The third kappa shape index (κ3) is 59.6. The van der Waals surface area contributed by atoms with Crippen LogP contribution in [-0.4, -0.2) is 199 Å². The van der Waals surface area contributed by atoms with Crippen LogP contribution < -0.4 is 16.0 Å². The number of unbranched alkanes of at least 4 members (excludes halogenated alkanes) is 19. The Morgan fingerprint density at radius 2 is 0.705 bits per heavy atom. The minimum atomic E-state index is -1.12. The number of aliphatic hydroxyl groups is 1. The van der Waals surface area contributed by atoms with E-state index in [9.17, 15) is 19.5 Å². The van der Waals surface area contributed by atoms with Gasteiger partial charge in [0.25, 0.3) is 0 Å². The molecule has 0 fully saturated rings. The largest absolute Gasteiger partial charge is 0.444 e. The van der Waals surface area contributed by atoms with Crippen molar-refractivity contribution in [3.05, 3.63) is 12.2 Å². The Bertz CT molecular complexity index is 1310. The van der Waals surface area contributed by atoms with Gasteiger partial charge in [0.1, 0.15) is 17.7 Å². The number of hydrogen-bond donors (Lipinski definition) is 4. The van der Waals surface area contributed by atoms with E-state index in [2.05, 4.69) is 29.8 Å². The molecule has 0 saturated carbocycles. The molecule has 3 amide bonds. The zero-order chi connectivity index (χ0) is 56.9. The first kappa shape index (κ1) is 75.5. The first-order chi connectivity index (χ1) is 38.1. The van der Waals surface area contributed by atoms with Crippen LogP contribution in [0.3, 0.4) is 0 Å². The molecule has 78 heavy (non-hydrogen) atoms. The Morgan fingerprint density at radius 3 is 1.04 bits per heavy atom. The van der Waals surface area contributed by atoms with E-state index in [4.69, 9.17) is 56.8 Å². The van der Waals surface area contributed by atoms with Gasteiger partial charge in [-0.05, 0) is 40.0 Å². The maximum Gasteiger partial charge on any atom is 0.407 e. The molecule has 0 aliphatic heterocycles. The molecule has 4 N–H and O–H groups in total. The van der Waals surface area contributed by atoms with Crippen molar-refractivity contribution >= 4 is 17.9 Å². The monoisotopic (exact) mass is 1120 g/mol. The molecular weight excluding hydrogens is 1010 g/mol. The van der Waals surface area contributed by atoms with E-state index in [1.165, 1.54) is 96.3 Å². The fourth-order valence-corrected chi connectivity index (χ4v) is 7.62. The van der Waals surface area contributed by atoms with Gasteiger partial charge in [-0.15, -0.1) is 0 Å². The van der Waals surface area contributed by atoms with Crippen LogP contribution >= 0.6 is 0 Å². The number of alkyl carbamates (subject to hydrolysis) is 1. The number of nitrogens with one attached hydrogen (secondary N) is 3. The van der Waals surface area contributed by atoms with Gasteiger partial charge in [-0.3, -0.25) is 9.59 Å². The van der Waals surface area contributed by atoms with Crippen LogP contribution in [0.5, 0.6) is 0 Å². The quantitative estimate of drug-likeness (QED) is 0.0330. The van der Waals surface area contributed by atoms with Crippen LogP contribution in [0.15, 0.2) is 12.2 Å². The van der Waals surface area contributed by atoms with Crippen molar-refractivity contribution in [1.29, 1.82) is 0 Å². The molecule has 0 saturated heterocycles. The van der Waals surface area contributed by atoms with Crippen molar-refractivity contribution in [3.63, 3.8) is 0 Å². The summed E-state index contributed by atoms with van der Waals surface area (Å²) in [6.07, 6.45) is 27.6. The SMILES string of the molecule is CCCCCCCCCCCCC/C=C/[C@@H](O)[C@@H](NC(=O)CCCCCCCCCCC)C(=O)NCCOCCOCCOCCOCCOCCOCCOCCOCCOCCOCCOCCNC(=O)OC(C)(C)C. The number of allylic oxidation sites excluding steroid dienone is 1. The molecule has 0 aliphatic carbocycles. The lowest BCUT2D eigenvalue weighted by Crippen LogP contribution is -2.53. The van der Waals surface area contributed by atoms with Crippen molar-refractivity contribution in [3.8, 4) is 0 Å². The lowest BCUT2D eigenvalue weighted by Gasteiger charge is -2.21. The summed E-state index contributed by atoms with van der Waals surface area (Å²) in [4.78, 5) is 37.7. The van der Waals surface area contributed by atoms with Crippen LogP contribution in [0, 0.1) is 0 Å². The number of rotatable bonds is 62. The van der Waals surface area contributed by atoms with Crippen molar-refractivity contribution in [2.24, 2.45) is 0 Å². The summed E-state index contributed by atoms with van der Waals surface area (Å²) >= 11 is 0. The van der Waals surface area contributed by atoms with Gasteiger partial charge in [-0.1, -0.05) is 142 Å². The second kappa shape index (κ2) is 60.6. The second-order valence-corrected chi connectivity index (χ2v) is 20.3. The van der Waals surface area contributed by atoms with Crippen LogP contribution in [0.4, 0.5) is 4.79 Å². The summed E-state index contributed by atoms with van der Waals surface area (Å²) in [5.41, 5.74) is -0.523. The van der Waals surface area contributed by atoms with E-state index in [-0.39, 0.29) is 19.1 Å². The maximum atomic E-state index is 13.2. The number of hydrogen-bond acceptors (Lipinski definition) is 16. The molecule has 0 bridgehead atoms. The molecule has 0 aromatic heterocycles. The third-order valence-corrected chi connectivity index (χ3v) is 11.9. The first-order valence-corrected chi connectivity index (χ1v) is 30.3. The van der Waals surface area contributed by atoms with Gasteiger partial charge < -0.3 is 77.9 Å². The summed E-state index contributed by atoms with van der Waals surface area (Å²) in [5, 5.41) is 19.3. The molecule has 0 aliphatic rings. The smallest absolute Gasteiger partial charge is 0.407 e. The number of carbonyl (C=O) groups is 3. The van der Waals surface area contributed by atoms with E-state index >= 15 is 0 Å². The van der Waals surface area contributed by atoms with E-state index in [1.807, 2.05) is 26.8 Å². The Morgan fingerprint density at radius 1 is 0.410 bits per heavy atom. The summed E-state index contributed by atoms with van der Waals surface area (Å²) < 4.78 is 65.9. The Hall–Kier alpha value is -2.53. The Kier molecular flexibility index (Phi) is 58.6. The van der Waals surface area contributed by atoms with Crippen molar-refractivity contribution < 1.29 is 76.3 Å². The Labute approximate surface area is 473 Å². The average Bonchev–Trinajstić information content (AvgIpc) is 3.41. The van der Waals surface area contributed by atoms with Gasteiger partial charge in [0, 0.05) is 19.5 Å². The fraction of sp³-hybridized carbons (Fsp3) is 0.915. The minimum Gasteiger partial charge on any atom is -0.444 e. The molecule has 0 spiro atoms. The Balaban J connectivity index is 3.82. The second-order valence-electron chi connectivity index (χ2n) is 20.3. The average molecular weight is 1120 g/mol. The van der Waals surface area contributed by atoms with Gasteiger partial charge in [0.15, 0.2) is 0 Å². The number of aliphatic hydroxyl groups excluding tert-OH is 1. The van der Waals surface area contributed by atoms with E-state index in [1.54, 1.807) is 6.08 Å². The minimum absolute atomic E-state index is 0.216. The van der Waals surface area contributed by atoms with Crippen molar-refractivity contribution in [2.75, 3.05) is 158 Å². The molecule has 0 aromatic carbocycles. The normalized spacial score (nSPS) is 12.6. The van der Waals surface area contributed by atoms with Gasteiger partial charge in [0.05, 0.1) is 145 Å². The van der Waals surface area contributed by atoms with Crippen LogP contribution in [0.25, 0.3) is 0 Å². The predicted octanol–water partition coefficient (Wildman–Crippen LogP) is 8.83. The molecule has 2 atom stereocenters. The van der Waals surface area contributed by atoms with E-state index in [0.717, 1.165) is 38.5 Å². The highest BCUT2D eigenvalue weighted by molar-refractivity contribution is 5.88. The summed E-state index contributed by atoms with van der Waals surface area (Å²) in [5.74, 6) is -0.644. The maximum absolute atomic E-state index is 13.2. The van der Waals surface area contributed by atoms with Crippen LogP contribution in [0.2, 0.25) is 0 Å². The predicted molar refractivity (Wildman–Crippen MR) is 306 cm³/mol. The lowest BCUT2D eigenvalue weighted by molar-refractivity contribution is -0.131. The fourth-order valence-electron chi connectivity index (χ4n) is 7.62. The molecule has 0 radical (unpaired) electrons. The highest BCUT2D eigenvalue weighted by Crippen LogP contribution is 2.14. The molecule has 19 nitrogen and oxygen atoms in total. The molecular formula is C59H115N3O16. The topological polar surface area (TPSA) is 218 Å². The zero-order valence-electron chi connectivity index (χ0n) is 49.9. The summed E-state index contributed by atoms with van der Waals surface area (Å²) in [6, 6.07) is -1.07. The van der Waals surface area contributed by atoms with Crippen LogP contribution in [-0.2, 0) is 66.4 Å². The molecule has 19 heteroatoms. The third-order valence-electron chi connectivity index (χ3n) is 11.9. The summed E-state index contributed by atoms with van der Waals surface area (Å²) in [6.45, 7) is 20.1. The number of amides is 3. The van der Waals surface area contributed by atoms with E-state index in [0.29, 0.717) is 152 Å². The highest BCUT2D eigenvalue weighted by atomic mass is 16.6. The van der Waals surface area contributed by atoms with Gasteiger partial charge in [0.2, 0.25) is 11.8 Å². The number of ether oxygens (including phenoxy) is 12. The first-order valence-electron chi connectivity index (χ1n) is 30.3. The number of carbonyl (C=O) groups excluding carboxylic acids is 3. The molecule has 0 aromatic rings. The van der Waals surface area contributed by atoms with Crippen LogP contribution in [0.1, 0.15) is 176 Å².